The van der Waals surface area contributed by atoms with Crippen molar-refractivity contribution in [3.8, 4) is 11.5 Å². The van der Waals surface area contributed by atoms with Crippen molar-refractivity contribution in [3.05, 3.63) is 132 Å². The van der Waals surface area contributed by atoms with E-state index in [0.717, 1.165) is 55.1 Å². The molecule has 0 radical (unpaired) electrons. The van der Waals surface area contributed by atoms with E-state index in [4.69, 9.17) is 9.47 Å². The summed E-state index contributed by atoms with van der Waals surface area (Å²) >= 11 is 0. The molecule has 2 heterocycles. The molecule has 1 saturated heterocycles. The monoisotopic (exact) mass is 544 g/mol. The molecule has 5 heteroatoms. The standard InChI is InChI=1S/C36H36N2O3/c1-40-30-17-13-27(14-18-30)24-38-25-34(32-11-5-6-12-35(32)38)33(23-36(39)37-21-7-8-22-37)29-15-19-31(20-16-29)41-26-28-9-3-2-4-10-28/h2-6,9-20,25,33H,7-8,21-24,26H2,1H3. The van der Waals surface area contributed by atoms with Crippen LogP contribution in [0.15, 0.2) is 109 Å². The van der Waals surface area contributed by atoms with E-state index in [0.29, 0.717) is 13.0 Å². The molecule has 41 heavy (non-hydrogen) atoms. The predicted octanol–water partition coefficient (Wildman–Crippen LogP) is 7.42. The summed E-state index contributed by atoms with van der Waals surface area (Å²) in [4.78, 5) is 15.5. The molecular weight excluding hydrogens is 508 g/mol. The van der Waals surface area contributed by atoms with E-state index in [2.05, 4.69) is 71.4 Å². The van der Waals surface area contributed by atoms with Crippen molar-refractivity contribution in [2.75, 3.05) is 20.2 Å². The third-order valence-electron chi connectivity index (χ3n) is 8.08. The first-order valence-electron chi connectivity index (χ1n) is 14.4. The number of methoxy groups -OCH3 is 1. The molecule has 0 spiro atoms. The molecule has 0 saturated carbocycles. The molecule has 0 aliphatic carbocycles. The Balaban J connectivity index is 1.32. The molecule has 208 valence electrons. The highest BCUT2D eigenvalue weighted by Crippen LogP contribution is 2.36. The lowest BCUT2D eigenvalue weighted by Gasteiger charge is -2.22. The van der Waals surface area contributed by atoms with Crippen molar-refractivity contribution < 1.29 is 14.3 Å². The summed E-state index contributed by atoms with van der Waals surface area (Å²) in [6, 6.07) is 35.2. The SMILES string of the molecule is COc1ccc(Cn2cc(C(CC(=O)N3CCCC3)c3ccc(OCc4ccccc4)cc3)c3ccccc32)cc1. The highest BCUT2D eigenvalue weighted by atomic mass is 16.5. The predicted molar refractivity (Wildman–Crippen MR) is 164 cm³/mol. The Morgan fingerprint density at radius 3 is 2.20 bits per heavy atom. The molecule has 1 aliphatic rings. The van der Waals surface area contributed by atoms with Gasteiger partial charge in [0, 0.05) is 49.1 Å². The van der Waals surface area contributed by atoms with Crippen molar-refractivity contribution in [1.29, 1.82) is 0 Å². The largest absolute Gasteiger partial charge is 0.497 e. The molecule has 1 aliphatic heterocycles. The van der Waals surface area contributed by atoms with Crippen LogP contribution < -0.4 is 9.47 Å². The third-order valence-corrected chi connectivity index (χ3v) is 8.08. The quantitative estimate of drug-likeness (QED) is 0.184. The van der Waals surface area contributed by atoms with Gasteiger partial charge in [-0.05, 0) is 65.4 Å². The molecule has 1 aromatic heterocycles. The van der Waals surface area contributed by atoms with E-state index in [1.165, 1.54) is 22.0 Å². The lowest BCUT2D eigenvalue weighted by Crippen LogP contribution is -2.29. The molecule has 5 nitrogen and oxygen atoms in total. The zero-order valence-corrected chi connectivity index (χ0v) is 23.5. The van der Waals surface area contributed by atoms with Crippen LogP contribution in [0.1, 0.15) is 47.4 Å². The minimum atomic E-state index is -0.0618. The number of benzene rings is 4. The third kappa shape index (κ3) is 6.14. The van der Waals surface area contributed by atoms with E-state index in [9.17, 15) is 4.79 Å². The van der Waals surface area contributed by atoms with E-state index < -0.39 is 0 Å². The van der Waals surface area contributed by atoms with Gasteiger partial charge in [0.05, 0.1) is 7.11 Å². The Hall–Kier alpha value is -4.51. The van der Waals surface area contributed by atoms with Gasteiger partial charge < -0.3 is 18.9 Å². The fraction of sp³-hybridized carbons (Fsp3) is 0.250. The summed E-state index contributed by atoms with van der Waals surface area (Å²) in [5.74, 6) is 1.84. The summed E-state index contributed by atoms with van der Waals surface area (Å²) in [7, 11) is 1.69. The second-order valence-corrected chi connectivity index (χ2v) is 10.8. The first-order chi connectivity index (χ1) is 20.2. The normalized spacial score (nSPS) is 13.8. The van der Waals surface area contributed by atoms with Gasteiger partial charge in [-0.2, -0.15) is 0 Å². The Morgan fingerprint density at radius 1 is 0.780 bits per heavy atom. The van der Waals surface area contributed by atoms with Gasteiger partial charge in [0.15, 0.2) is 0 Å². The van der Waals surface area contributed by atoms with Crippen LogP contribution in [0.4, 0.5) is 0 Å². The molecule has 1 fully saturated rings. The van der Waals surface area contributed by atoms with Gasteiger partial charge in [-0.25, -0.2) is 0 Å². The molecule has 0 N–H and O–H groups in total. The maximum absolute atomic E-state index is 13.5. The van der Waals surface area contributed by atoms with Gasteiger partial charge in [-0.3, -0.25) is 4.79 Å². The number of rotatable bonds is 10. The molecule has 0 bridgehead atoms. The van der Waals surface area contributed by atoms with Crippen LogP contribution in [0.5, 0.6) is 11.5 Å². The first kappa shape index (κ1) is 26.7. The zero-order valence-electron chi connectivity index (χ0n) is 23.5. The minimum Gasteiger partial charge on any atom is -0.497 e. The number of fused-ring (bicyclic) bond motifs is 1. The number of aromatic nitrogens is 1. The van der Waals surface area contributed by atoms with E-state index >= 15 is 0 Å². The van der Waals surface area contributed by atoms with Crippen LogP contribution in [-0.4, -0.2) is 35.6 Å². The Kier molecular flexibility index (Phi) is 8.04. The van der Waals surface area contributed by atoms with E-state index in [1.54, 1.807) is 7.11 Å². The van der Waals surface area contributed by atoms with Gasteiger partial charge >= 0.3 is 0 Å². The van der Waals surface area contributed by atoms with Crippen molar-refractivity contribution >= 4 is 16.8 Å². The summed E-state index contributed by atoms with van der Waals surface area (Å²) in [6.07, 6.45) is 4.87. The average molecular weight is 545 g/mol. The van der Waals surface area contributed by atoms with Crippen molar-refractivity contribution in [2.24, 2.45) is 0 Å². The summed E-state index contributed by atoms with van der Waals surface area (Å²) in [6.45, 7) is 2.98. The summed E-state index contributed by atoms with van der Waals surface area (Å²) in [5.41, 5.74) is 5.80. The Labute approximate surface area is 241 Å². The van der Waals surface area contributed by atoms with Gasteiger partial charge in [0.25, 0.3) is 0 Å². The average Bonchev–Trinajstić information content (AvgIpc) is 3.69. The summed E-state index contributed by atoms with van der Waals surface area (Å²) in [5, 5.41) is 1.18. The second kappa shape index (κ2) is 12.3. The van der Waals surface area contributed by atoms with Crippen LogP contribution in [0, 0.1) is 0 Å². The maximum Gasteiger partial charge on any atom is 0.223 e. The number of hydrogen-bond donors (Lipinski definition) is 0. The fourth-order valence-corrected chi connectivity index (χ4v) is 5.83. The molecular formula is C36H36N2O3. The number of nitrogens with zero attached hydrogens (tertiary/aromatic N) is 2. The van der Waals surface area contributed by atoms with Gasteiger partial charge in [-0.15, -0.1) is 0 Å². The van der Waals surface area contributed by atoms with Crippen molar-refractivity contribution in [1.82, 2.24) is 9.47 Å². The maximum atomic E-state index is 13.5. The molecule has 5 aromatic rings. The molecule has 1 unspecified atom stereocenters. The zero-order chi connectivity index (χ0) is 28.0. The van der Waals surface area contributed by atoms with E-state index in [-0.39, 0.29) is 11.8 Å². The lowest BCUT2D eigenvalue weighted by molar-refractivity contribution is -0.130. The Morgan fingerprint density at radius 2 is 1.46 bits per heavy atom. The number of likely N-dealkylation sites (tertiary alicyclic amines) is 1. The van der Waals surface area contributed by atoms with Crippen LogP contribution >= 0.6 is 0 Å². The van der Waals surface area contributed by atoms with E-state index in [1.807, 2.05) is 47.4 Å². The Bertz CT molecular complexity index is 1580. The van der Waals surface area contributed by atoms with Gasteiger partial charge in [0.1, 0.15) is 18.1 Å². The van der Waals surface area contributed by atoms with Crippen molar-refractivity contribution in [3.63, 3.8) is 0 Å². The van der Waals surface area contributed by atoms with Crippen LogP contribution in [0.2, 0.25) is 0 Å². The fourth-order valence-electron chi connectivity index (χ4n) is 5.83. The highest BCUT2D eigenvalue weighted by Gasteiger charge is 2.26. The number of para-hydroxylation sites is 1. The minimum absolute atomic E-state index is 0.0618. The first-order valence-corrected chi connectivity index (χ1v) is 14.4. The number of hydrogen-bond acceptors (Lipinski definition) is 3. The number of carbonyl (C=O) groups is 1. The lowest BCUT2D eigenvalue weighted by atomic mass is 9.87. The van der Waals surface area contributed by atoms with Gasteiger partial charge in [0.2, 0.25) is 5.91 Å². The molecule has 4 aromatic carbocycles. The number of ether oxygens (including phenoxy) is 2. The van der Waals surface area contributed by atoms with Crippen LogP contribution in [-0.2, 0) is 17.9 Å². The van der Waals surface area contributed by atoms with Crippen LogP contribution in [0.3, 0.4) is 0 Å². The highest BCUT2D eigenvalue weighted by molar-refractivity contribution is 5.87. The smallest absolute Gasteiger partial charge is 0.223 e. The molecule has 1 atom stereocenters. The topological polar surface area (TPSA) is 43.7 Å². The van der Waals surface area contributed by atoms with Crippen LogP contribution in [0.25, 0.3) is 10.9 Å². The van der Waals surface area contributed by atoms with Crippen molar-refractivity contribution in [2.45, 2.75) is 38.3 Å². The number of carbonyl (C=O) groups excluding carboxylic acids is 1. The molecule has 1 amide bonds. The summed E-state index contributed by atoms with van der Waals surface area (Å²) < 4.78 is 13.7. The number of amides is 1. The molecule has 6 rings (SSSR count). The van der Waals surface area contributed by atoms with Gasteiger partial charge in [-0.1, -0.05) is 72.8 Å². The second-order valence-electron chi connectivity index (χ2n) is 10.8.